The monoisotopic (exact) mass is 336 g/mol. The van der Waals surface area contributed by atoms with Crippen LogP contribution in [0, 0.1) is 5.92 Å². The van der Waals surface area contributed by atoms with Crippen LogP contribution in [0.4, 0.5) is 5.69 Å². The maximum absolute atomic E-state index is 12.9. The highest BCUT2D eigenvalue weighted by Crippen LogP contribution is 2.48. The van der Waals surface area contributed by atoms with Crippen molar-refractivity contribution in [2.24, 2.45) is 5.92 Å². The van der Waals surface area contributed by atoms with Crippen molar-refractivity contribution in [2.75, 3.05) is 24.5 Å². The molecule has 1 aromatic carbocycles. The second-order valence-electron chi connectivity index (χ2n) is 6.77. The molecule has 0 radical (unpaired) electrons. The summed E-state index contributed by atoms with van der Waals surface area (Å²) >= 11 is 12.4. The van der Waals surface area contributed by atoms with Crippen LogP contribution in [0.3, 0.4) is 0 Å². The van der Waals surface area contributed by atoms with Crippen LogP contribution in [0.5, 0.6) is 0 Å². The SMILES string of the molecule is C=C1CC(C(=O)N2C[C@@]3(CCNC3)c3cc(Cl)c(Cl)cc32)C1. The van der Waals surface area contributed by atoms with E-state index in [9.17, 15) is 4.79 Å². The Morgan fingerprint density at radius 2 is 2.05 bits per heavy atom. The van der Waals surface area contributed by atoms with Crippen LogP contribution in [0.1, 0.15) is 24.8 Å². The Hall–Kier alpha value is -1.03. The third-order valence-corrected chi connectivity index (χ3v) is 6.01. The van der Waals surface area contributed by atoms with E-state index in [-0.39, 0.29) is 17.2 Å². The molecule has 1 saturated heterocycles. The van der Waals surface area contributed by atoms with Gasteiger partial charge in [0, 0.05) is 30.1 Å². The van der Waals surface area contributed by atoms with Crippen LogP contribution < -0.4 is 10.2 Å². The average Bonchev–Trinajstić information content (AvgIpc) is 3.03. The summed E-state index contributed by atoms with van der Waals surface area (Å²) in [6.07, 6.45) is 2.66. The van der Waals surface area contributed by atoms with Gasteiger partial charge in [-0.05, 0) is 43.5 Å². The number of nitrogens with zero attached hydrogens (tertiary/aromatic N) is 1. The first kappa shape index (κ1) is 14.6. The fraction of sp³-hybridized carbons (Fsp3) is 0.471. The fourth-order valence-electron chi connectivity index (χ4n) is 3.99. The zero-order valence-electron chi connectivity index (χ0n) is 12.3. The lowest BCUT2D eigenvalue weighted by Crippen LogP contribution is -2.43. The Morgan fingerprint density at radius 3 is 2.68 bits per heavy atom. The molecule has 0 bridgehead atoms. The first-order chi connectivity index (χ1) is 10.5. The number of amides is 1. The highest BCUT2D eigenvalue weighted by atomic mass is 35.5. The molecule has 3 aliphatic rings. The van der Waals surface area contributed by atoms with Crippen molar-refractivity contribution in [1.82, 2.24) is 5.32 Å². The Balaban J connectivity index is 1.75. The van der Waals surface area contributed by atoms with Crippen molar-refractivity contribution in [3.05, 3.63) is 39.9 Å². The Morgan fingerprint density at radius 1 is 1.32 bits per heavy atom. The van der Waals surface area contributed by atoms with Crippen LogP contribution in [-0.4, -0.2) is 25.5 Å². The number of hydrogen-bond acceptors (Lipinski definition) is 2. The van der Waals surface area contributed by atoms with Gasteiger partial charge in [0.15, 0.2) is 0 Å². The molecule has 0 aromatic heterocycles. The summed E-state index contributed by atoms with van der Waals surface area (Å²) in [5.74, 6) is 0.287. The number of benzene rings is 1. The Bertz CT molecular complexity index is 671. The molecule has 4 rings (SSSR count). The normalized spacial score (nSPS) is 27.4. The molecule has 1 aliphatic carbocycles. The molecule has 1 spiro atoms. The van der Waals surface area contributed by atoms with E-state index >= 15 is 0 Å². The van der Waals surface area contributed by atoms with Gasteiger partial charge in [-0.3, -0.25) is 4.79 Å². The third-order valence-electron chi connectivity index (χ3n) is 5.29. The van der Waals surface area contributed by atoms with Crippen molar-refractivity contribution in [2.45, 2.75) is 24.7 Å². The lowest BCUT2D eigenvalue weighted by Gasteiger charge is -2.32. The van der Waals surface area contributed by atoms with Crippen molar-refractivity contribution >= 4 is 34.8 Å². The van der Waals surface area contributed by atoms with E-state index in [0.717, 1.165) is 44.6 Å². The molecule has 1 atom stereocenters. The first-order valence-electron chi connectivity index (χ1n) is 7.68. The van der Waals surface area contributed by atoms with Gasteiger partial charge in [-0.15, -0.1) is 0 Å². The molecular formula is C17H18Cl2N2O. The van der Waals surface area contributed by atoms with Crippen LogP contribution >= 0.6 is 23.2 Å². The smallest absolute Gasteiger partial charge is 0.230 e. The summed E-state index contributed by atoms with van der Waals surface area (Å²) in [5.41, 5.74) is 3.27. The van der Waals surface area contributed by atoms with Crippen LogP contribution in [0.25, 0.3) is 0 Å². The second kappa shape index (κ2) is 4.98. The number of nitrogens with one attached hydrogen (secondary N) is 1. The topological polar surface area (TPSA) is 32.3 Å². The zero-order chi connectivity index (χ0) is 15.5. The predicted molar refractivity (Wildman–Crippen MR) is 89.8 cm³/mol. The molecule has 2 fully saturated rings. The fourth-order valence-corrected chi connectivity index (χ4v) is 4.32. The summed E-state index contributed by atoms with van der Waals surface area (Å²) in [6, 6.07) is 3.82. The van der Waals surface area contributed by atoms with Crippen molar-refractivity contribution < 1.29 is 4.79 Å². The van der Waals surface area contributed by atoms with Crippen molar-refractivity contribution in [3.63, 3.8) is 0 Å². The van der Waals surface area contributed by atoms with Gasteiger partial charge in [-0.2, -0.15) is 0 Å². The molecular weight excluding hydrogens is 319 g/mol. The molecule has 3 nitrogen and oxygen atoms in total. The van der Waals surface area contributed by atoms with Gasteiger partial charge in [-0.25, -0.2) is 0 Å². The Labute approximate surface area is 140 Å². The summed E-state index contributed by atoms with van der Waals surface area (Å²) < 4.78 is 0. The quantitative estimate of drug-likeness (QED) is 0.795. The van der Waals surface area contributed by atoms with E-state index in [1.54, 1.807) is 0 Å². The molecule has 1 aromatic rings. The summed E-state index contributed by atoms with van der Waals surface area (Å²) in [5, 5.41) is 4.51. The predicted octanol–water partition coefficient (Wildman–Crippen LogP) is 3.54. The lowest BCUT2D eigenvalue weighted by molar-refractivity contribution is -0.123. The highest BCUT2D eigenvalue weighted by molar-refractivity contribution is 6.42. The number of anilines is 1. The van der Waals surface area contributed by atoms with Crippen LogP contribution in [0.15, 0.2) is 24.3 Å². The van der Waals surface area contributed by atoms with Gasteiger partial charge >= 0.3 is 0 Å². The van der Waals surface area contributed by atoms with Crippen molar-refractivity contribution in [3.8, 4) is 0 Å². The van der Waals surface area contributed by atoms with Gasteiger partial charge in [0.05, 0.1) is 10.0 Å². The standard InChI is InChI=1S/C17H18Cl2N2O/c1-10-4-11(5-10)16(22)21-9-17(2-3-20-8-17)12-6-13(18)14(19)7-15(12)21/h6-7,11,20H,1-5,8-9H2/t17-/m0/s1. The molecule has 116 valence electrons. The van der Waals surface area contributed by atoms with Gasteiger partial charge in [0.2, 0.25) is 5.91 Å². The van der Waals surface area contributed by atoms with E-state index in [1.807, 2.05) is 17.0 Å². The zero-order valence-corrected chi connectivity index (χ0v) is 13.8. The largest absolute Gasteiger partial charge is 0.316 e. The van der Waals surface area contributed by atoms with E-state index in [1.165, 1.54) is 11.1 Å². The van der Waals surface area contributed by atoms with Gasteiger partial charge in [-0.1, -0.05) is 35.4 Å². The van der Waals surface area contributed by atoms with Crippen molar-refractivity contribution in [1.29, 1.82) is 0 Å². The summed E-state index contributed by atoms with van der Waals surface area (Å²) in [7, 11) is 0. The maximum atomic E-state index is 12.9. The van der Waals surface area contributed by atoms with E-state index < -0.39 is 0 Å². The summed E-state index contributed by atoms with van der Waals surface area (Å²) in [4.78, 5) is 14.8. The number of fused-ring (bicyclic) bond motifs is 2. The van der Waals surface area contributed by atoms with E-state index in [0.29, 0.717) is 10.0 Å². The number of allylic oxidation sites excluding steroid dienone is 1. The number of rotatable bonds is 1. The van der Waals surface area contributed by atoms with Gasteiger partial charge in [0.25, 0.3) is 0 Å². The van der Waals surface area contributed by atoms with Crippen LogP contribution in [-0.2, 0) is 10.2 Å². The molecule has 2 heterocycles. The molecule has 2 aliphatic heterocycles. The third kappa shape index (κ3) is 2.03. The molecule has 22 heavy (non-hydrogen) atoms. The number of carbonyl (C=O) groups excluding carboxylic acids is 1. The molecule has 1 N–H and O–H groups in total. The van der Waals surface area contributed by atoms with Gasteiger partial charge < -0.3 is 10.2 Å². The first-order valence-corrected chi connectivity index (χ1v) is 8.44. The molecule has 0 unspecified atom stereocenters. The lowest BCUT2D eigenvalue weighted by atomic mass is 9.80. The van der Waals surface area contributed by atoms with Gasteiger partial charge in [0.1, 0.15) is 0 Å². The molecule has 1 saturated carbocycles. The minimum absolute atomic E-state index is 0.0139. The average molecular weight is 337 g/mol. The molecule has 1 amide bonds. The van der Waals surface area contributed by atoms with E-state index in [4.69, 9.17) is 23.2 Å². The highest BCUT2D eigenvalue weighted by Gasteiger charge is 2.48. The minimum Gasteiger partial charge on any atom is -0.316 e. The second-order valence-corrected chi connectivity index (χ2v) is 7.58. The Kier molecular flexibility index (Phi) is 3.30. The molecule has 5 heteroatoms. The number of halogens is 2. The maximum Gasteiger partial charge on any atom is 0.230 e. The van der Waals surface area contributed by atoms with E-state index in [2.05, 4.69) is 11.9 Å². The minimum atomic E-state index is -0.0139. The summed E-state index contributed by atoms with van der Waals surface area (Å²) in [6.45, 7) is 6.53. The number of carbonyl (C=O) groups is 1. The van der Waals surface area contributed by atoms with Crippen LogP contribution in [0.2, 0.25) is 10.0 Å². The number of hydrogen-bond donors (Lipinski definition) is 1.